The number of rotatable bonds is 3. The molecule has 1 aromatic rings. The summed E-state index contributed by atoms with van der Waals surface area (Å²) >= 11 is 0. The molecule has 1 aliphatic rings. The number of aryl methyl sites for hydroxylation is 1. The largest absolute Gasteiger partial charge is 0.383 e. The number of hydrogen-bond acceptors (Lipinski definition) is 4. The van der Waals surface area contributed by atoms with E-state index >= 15 is 0 Å². The van der Waals surface area contributed by atoms with Crippen molar-refractivity contribution in [1.82, 2.24) is 9.88 Å². The first-order valence-corrected chi connectivity index (χ1v) is 6.87. The minimum atomic E-state index is -0.317. The normalized spacial score (nSPS) is 15.7. The van der Waals surface area contributed by atoms with E-state index in [2.05, 4.69) is 16.8 Å². The lowest BCUT2D eigenvalue weighted by Gasteiger charge is -2.24. The molecule has 1 saturated heterocycles. The van der Waals surface area contributed by atoms with Crippen LogP contribution < -0.4 is 5.73 Å². The number of nitrogens with two attached hydrogens (primary N) is 1. The van der Waals surface area contributed by atoms with Gasteiger partial charge in [-0.2, -0.15) is 0 Å². The lowest BCUT2D eigenvalue weighted by atomic mass is 10.1. The van der Waals surface area contributed by atoms with Gasteiger partial charge in [0.2, 0.25) is 0 Å². The Balaban J connectivity index is 0.000000200. The highest BCUT2D eigenvalue weighted by molar-refractivity contribution is 5.38. The van der Waals surface area contributed by atoms with Crippen LogP contribution in [0.1, 0.15) is 25.8 Å². The molecule has 108 valence electrons. The second-order valence-corrected chi connectivity index (χ2v) is 4.49. The van der Waals surface area contributed by atoms with E-state index in [-0.39, 0.29) is 5.82 Å². The third-order valence-corrected chi connectivity index (χ3v) is 3.04. The minimum absolute atomic E-state index is 0.317. The monoisotopic (exact) mass is 269 g/mol. The van der Waals surface area contributed by atoms with E-state index in [1.165, 1.54) is 12.6 Å². The van der Waals surface area contributed by atoms with Crippen LogP contribution in [-0.4, -0.2) is 42.7 Å². The molecule has 2 rings (SSSR count). The summed E-state index contributed by atoms with van der Waals surface area (Å²) in [4.78, 5) is 6.09. The molecule has 4 nitrogen and oxygen atoms in total. The predicted molar refractivity (Wildman–Crippen MR) is 75.5 cm³/mol. The molecule has 19 heavy (non-hydrogen) atoms. The van der Waals surface area contributed by atoms with Crippen LogP contribution in [0.25, 0.3) is 0 Å². The highest BCUT2D eigenvalue weighted by Crippen LogP contribution is 2.11. The third kappa shape index (κ3) is 5.98. The average Bonchev–Trinajstić information content (AvgIpc) is 2.45. The van der Waals surface area contributed by atoms with E-state index in [1.54, 1.807) is 0 Å². The van der Waals surface area contributed by atoms with Gasteiger partial charge in [0.15, 0.2) is 0 Å². The summed E-state index contributed by atoms with van der Waals surface area (Å²) in [7, 11) is 0. The van der Waals surface area contributed by atoms with Gasteiger partial charge in [-0.05, 0) is 24.6 Å². The van der Waals surface area contributed by atoms with Crippen LogP contribution in [0, 0.1) is 5.82 Å². The number of morpholine rings is 1. The Bertz CT molecular complexity index is 368. The van der Waals surface area contributed by atoms with Crippen molar-refractivity contribution in [2.45, 2.75) is 26.7 Å². The van der Waals surface area contributed by atoms with Gasteiger partial charge in [-0.25, -0.2) is 9.37 Å². The lowest BCUT2D eigenvalue weighted by molar-refractivity contribution is 0.0405. The smallest absolute Gasteiger partial charge is 0.141 e. The van der Waals surface area contributed by atoms with E-state index in [4.69, 9.17) is 10.5 Å². The van der Waals surface area contributed by atoms with Gasteiger partial charge in [0.1, 0.15) is 11.6 Å². The molecule has 0 bridgehead atoms. The maximum Gasteiger partial charge on any atom is 0.141 e. The zero-order chi connectivity index (χ0) is 14.1. The molecular formula is C14H24FN3O. The van der Waals surface area contributed by atoms with E-state index in [9.17, 15) is 4.39 Å². The lowest BCUT2D eigenvalue weighted by Crippen LogP contribution is -2.35. The van der Waals surface area contributed by atoms with Crippen LogP contribution >= 0.6 is 0 Å². The number of anilines is 1. The summed E-state index contributed by atoms with van der Waals surface area (Å²) in [6, 6.07) is 1.44. The highest BCUT2D eigenvalue weighted by atomic mass is 19.1. The number of likely N-dealkylation sites (N-methyl/N-ethyl adjacent to an activating group) is 1. The molecule has 5 heteroatoms. The topological polar surface area (TPSA) is 51.4 Å². The van der Waals surface area contributed by atoms with Crippen molar-refractivity contribution in [3.05, 3.63) is 23.6 Å². The van der Waals surface area contributed by atoms with Crippen molar-refractivity contribution in [1.29, 1.82) is 0 Å². The van der Waals surface area contributed by atoms with Gasteiger partial charge in [-0.1, -0.05) is 20.3 Å². The van der Waals surface area contributed by atoms with Gasteiger partial charge in [0.25, 0.3) is 0 Å². The molecule has 1 aromatic heterocycles. The molecule has 0 radical (unpaired) electrons. The van der Waals surface area contributed by atoms with Crippen molar-refractivity contribution in [2.75, 3.05) is 38.6 Å². The summed E-state index contributed by atoms with van der Waals surface area (Å²) in [6.07, 6.45) is 2.88. The van der Waals surface area contributed by atoms with Gasteiger partial charge in [-0.3, -0.25) is 4.90 Å². The molecule has 2 N–H and O–H groups in total. The second kappa shape index (κ2) is 8.82. The Morgan fingerprint density at radius 3 is 2.58 bits per heavy atom. The van der Waals surface area contributed by atoms with Crippen LogP contribution in [0.4, 0.5) is 10.2 Å². The first-order chi connectivity index (χ1) is 9.17. The molecule has 1 aliphatic heterocycles. The number of ether oxygens (including phenoxy) is 1. The van der Waals surface area contributed by atoms with Crippen LogP contribution in [0.5, 0.6) is 0 Å². The zero-order valence-electron chi connectivity index (χ0n) is 11.9. The quantitative estimate of drug-likeness (QED) is 0.913. The Labute approximate surface area is 114 Å². The van der Waals surface area contributed by atoms with E-state index in [0.717, 1.165) is 50.9 Å². The molecule has 0 atom stereocenters. The van der Waals surface area contributed by atoms with Gasteiger partial charge in [-0.15, -0.1) is 0 Å². The first-order valence-electron chi connectivity index (χ1n) is 6.87. The predicted octanol–water partition coefficient (Wildman–Crippen LogP) is 2.09. The van der Waals surface area contributed by atoms with Crippen molar-refractivity contribution in [3.63, 3.8) is 0 Å². The summed E-state index contributed by atoms with van der Waals surface area (Å²) < 4.78 is 17.7. The van der Waals surface area contributed by atoms with E-state index in [1.807, 2.05) is 6.92 Å². The first kappa shape index (κ1) is 15.9. The number of nitrogen functional groups attached to an aromatic ring is 1. The molecular weight excluding hydrogens is 245 g/mol. The Morgan fingerprint density at radius 1 is 1.37 bits per heavy atom. The summed E-state index contributed by atoms with van der Waals surface area (Å²) in [6.45, 7) is 9.47. The molecule has 0 aliphatic carbocycles. The molecule has 1 fully saturated rings. The number of aromatic nitrogens is 1. The second-order valence-electron chi connectivity index (χ2n) is 4.49. The van der Waals surface area contributed by atoms with Crippen molar-refractivity contribution >= 4 is 5.82 Å². The molecule has 2 heterocycles. The van der Waals surface area contributed by atoms with Crippen LogP contribution in [0.3, 0.4) is 0 Å². The summed E-state index contributed by atoms with van der Waals surface area (Å²) in [5, 5.41) is 0. The van der Waals surface area contributed by atoms with Gasteiger partial charge >= 0.3 is 0 Å². The number of nitrogens with zero attached hydrogens (tertiary/aromatic N) is 2. The molecule has 0 spiro atoms. The fourth-order valence-corrected chi connectivity index (χ4v) is 1.88. The van der Waals surface area contributed by atoms with Gasteiger partial charge < -0.3 is 10.5 Å². The summed E-state index contributed by atoms with van der Waals surface area (Å²) in [5.74, 6) is 0.121. The van der Waals surface area contributed by atoms with Gasteiger partial charge in [0, 0.05) is 13.1 Å². The highest BCUT2D eigenvalue weighted by Gasteiger charge is 2.05. The minimum Gasteiger partial charge on any atom is -0.383 e. The molecule has 0 aromatic carbocycles. The molecule has 0 unspecified atom stereocenters. The fourth-order valence-electron chi connectivity index (χ4n) is 1.88. The third-order valence-electron chi connectivity index (χ3n) is 3.04. The Kier molecular flexibility index (Phi) is 7.36. The van der Waals surface area contributed by atoms with E-state index < -0.39 is 0 Å². The average molecular weight is 269 g/mol. The van der Waals surface area contributed by atoms with Crippen molar-refractivity contribution in [3.8, 4) is 0 Å². The van der Waals surface area contributed by atoms with Crippen molar-refractivity contribution < 1.29 is 9.13 Å². The van der Waals surface area contributed by atoms with E-state index in [0.29, 0.717) is 5.82 Å². The van der Waals surface area contributed by atoms with Gasteiger partial charge in [0.05, 0.1) is 19.4 Å². The van der Waals surface area contributed by atoms with Crippen LogP contribution in [0.15, 0.2) is 12.3 Å². The fraction of sp³-hybridized carbons (Fsp3) is 0.643. The molecule has 0 saturated carbocycles. The Morgan fingerprint density at radius 2 is 2.05 bits per heavy atom. The zero-order valence-corrected chi connectivity index (χ0v) is 11.9. The SMILES string of the molecule is CCCc1cc(F)cnc1N.CCN1CCOCC1. The van der Waals surface area contributed by atoms with Crippen LogP contribution in [0.2, 0.25) is 0 Å². The maximum atomic E-state index is 12.6. The Hall–Kier alpha value is -1.20. The summed E-state index contributed by atoms with van der Waals surface area (Å²) in [5.41, 5.74) is 6.30. The number of hydrogen-bond donors (Lipinski definition) is 1. The maximum absolute atomic E-state index is 12.6. The standard InChI is InChI=1S/C8H11FN2.C6H13NO/c1-2-3-6-4-7(9)5-11-8(6)10;1-2-7-3-5-8-6-4-7/h4-5H,2-3H2,1H3,(H2,10,11);2-6H2,1H3. The number of halogens is 1. The van der Waals surface area contributed by atoms with Crippen LogP contribution in [-0.2, 0) is 11.2 Å². The van der Waals surface area contributed by atoms with Crippen molar-refractivity contribution in [2.24, 2.45) is 0 Å². The molecule has 0 amide bonds. The number of pyridine rings is 1.